The molecule has 3 aromatic rings. The third kappa shape index (κ3) is 3.03. The van der Waals surface area contributed by atoms with Gasteiger partial charge in [0.2, 0.25) is 5.95 Å². The van der Waals surface area contributed by atoms with Gasteiger partial charge in [0.1, 0.15) is 23.7 Å². The molecule has 5 nitrogen and oxygen atoms in total. The third-order valence-electron chi connectivity index (χ3n) is 5.59. The van der Waals surface area contributed by atoms with Crippen molar-refractivity contribution in [1.82, 2.24) is 14.8 Å². The largest absolute Gasteiger partial charge is 0.328 e. The van der Waals surface area contributed by atoms with E-state index in [4.69, 9.17) is 0 Å². The highest BCUT2D eigenvalue weighted by Gasteiger charge is 2.43. The van der Waals surface area contributed by atoms with Gasteiger partial charge in [-0.1, -0.05) is 35.9 Å². The van der Waals surface area contributed by atoms with E-state index in [1.807, 2.05) is 31.2 Å². The maximum Gasteiger partial charge on any atom is 0.226 e. The number of hydrogen-bond acceptors (Lipinski definition) is 4. The number of ketones is 1. The molecule has 2 heterocycles. The zero-order chi connectivity index (χ0) is 20.1. The molecule has 2 aliphatic rings. The highest BCUT2D eigenvalue weighted by molar-refractivity contribution is 5.88. The summed E-state index contributed by atoms with van der Waals surface area (Å²) >= 11 is 0. The topological polar surface area (TPSA) is 59.8 Å². The molecule has 1 aliphatic heterocycles. The van der Waals surface area contributed by atoms with E-state index in [1.54, 1.807) is 0 Å². The van der Waals surface area contributed by atoms with E-state index in [2.05, 4.69) is 21.5 Å². The molecule has 0 fully saturated rings. The van der Waals surface area contributed by atoms with Crippen molar-refractivity contribution >= 4 is 11.7 Å². The van der Waals surface area contributed by atoms with Gasteiger partial charge in [0.15, 0.2) is 0 Å². The fourth-order valence-electron chi connectivity index (χ4n) is 4.37. The second-order valence-electron chi connectivity index (χ2n) is 7.59. The number of allylic oxidation sites excluding steroid dienone is 2. The number of aromatic nitrogens is 3. The summed E-state index contributed by atoms with van der Waals surface area (Å²) in [6, 6.07) is 10.7. The Hall–Kier alpha value is -3.35. The number of carbonyl (C=O) groups is 1. The lowest BCUT2D eigenvalue weighted by Gasteiger charge is -2.38. The summed E-state index contributed by atoms with van der Waals surface area (Å²) in [6.07, 6.45) is 3.71. The Bertz CT molecular complexity index is 1130. The number of nitrogens with zero attached hydrogens (tertiary/aromatic N) is 3. The van der Waals surface area contributed by atoms with E-state index in [0.29, 0.717) is 23.6 Å². The van der Waals surface area contributed by atoms with Gasteiger partial charge in [-0.05, 0) is 30.2 Å². The van der Waals surface area contributed by atoms with E-state index in [9.17, 15) is 13.6 Å². The minimum absolute atomic E-state index is 0.00248. The summed E-state index contributed by atoms with van der Waals surface area (Å²) in [7, 11) is 0. The van der Waals surface area contributed by atoms with Crippen LogP contribution in [0.3, 0.4) is 0 Å². The van der Waals surface area contributed by atoms with Crippen molar-refractivity contribution in [2.24, 2.45) is 5.92 Å². The molecule has 1 aliphatic carbocycles. The number of carbonyl (C=O) groups excluding carboxylic acids is 1. The van der Waals surface area contributed by atoms with Crippen LogP contribution in [0, 0.1) is 24.5 Å². The van der Waals surface area contributed by atoms with Crippen LogP contribution < -0.4 is 5.32 Å². The van der Waals surface area contributed by atoms with Gasteiger partial charge in [0.05, 0.1) is 12.0 Å². The summed E-state index contributed by atoms with van der Waals surface area (Å²) in [5, 5.41) is 7.40. The number of halogens is 2. The molecular weight excluding hydrogens is 374 g/mol. The average Bonchev–Trinajstić information content (AvgIpc) is 3.13. The van der Waals surface area contributed by atoms with Gasteiger partial charge in [0.25, 0.3) is 0 Å². The predicted molar refractivity (Wildman–Crippen MR) is 103 cm³/mol. The summed E-state index contributed by atoms with van der Waals surface area (Å²) in [5.74, 6) is -1.61. The molecule has 0 spiro atoms. The van der Waals surface area contributed by atoms with Crippen LogP contribution in [0.2, 0.25) is 0 Å². The molecule has 29 heavy (non-hydrogen) atoms. The third-order valence-corrected chi connectivity index (χ3v) is 5.59. The second-order valence-corrected chi connectivity index (χ2v) is 7.59. The lowest BCUT2D eigenvalue weighted by atomic mass is 9.75. The van der Waals surface area contributed by atoms with E-state index in [1.165, 1.54) is 23.1 Å². The highest BCUT2D eigenvalue weighted by Crippen LogP contribution is 2.44. The lowest BCUT2D eigenvalue weighted by Crippen LogP contribution is -2.40. The molecule has 0 radical (unpaired) electrons. The standard InChI is InChI=1S/C22H18F2N4O/c1-12-3-2-4-13(5-12)14-8-18-20(19(29)9-14)21(28-22(27-18)25-11-26-28)15-6-16(23)10-17(24)7-15/h2-8,10-11,14,20-21H,9H2,1H3,(H,25,26,27)/t14-,20+,21+/m1/s1. The first kappa shape index (κ1) is 17.7. The zero-order valence-electron chi connectivity index (χ0n) is 15.6. The fourth-order valence-corrected chi connectivity index (χ4v) is 4.37. The molecule has 7 heteroatoms. The molecule has 1 aromatic heterocycles. The highest BCUT2D eigenvalue weighted by atomic mass is 19.1. The zero-order valence-corrected chi connectivity index (χ0v) is 15.6. The van der Waals surface area contributed by atoms with E-state index in [-0.39, 0.29) is 11.7 Å². The quantitative estimate of drug-likeness (QED) is 0.712. The van der Waals surface area contributed by atoms with Crippen molar-refractivity contribution in [3.63, 3.8) is 0 Å². The van der Waals surface area contributed by atoms with Crippen LogP contribution in [0.15, 0.2) is 60.6 Å². The normalized spacial score (nSPS) is 23.1. The fraction of sp³-hybridized carbons (Fsp3) is 0.227. The number of hydrogen-bond donors (Lipinski definition) is 1. The molecule has 2 aromatic carbocycles. The first-order valence-corrected chi connectivity index (χ1v) is 9.43. The Morgan fingerprint density at radius 3 is 2.66 bits per heavy atom. The van der Waals surface area contributed by atoms with Gasteiger partial charge in [-0.25, -0.2) is 13.5 Å². The number of fused-ring (bicyclic) bond motifs is 2. The molecule has 0 unspecified atom stereocenters. The van der Waals surface area contributed by atoms with Crippen LogP contribution in [0.25, 0.3) is 0 Å². The second kappa shape index (κ2) is 6.62. The first-order chi connectivity index (χ1) is 14.0. The minimum atomic E-state index is -0.688. The van der Waals surface area contributed by atoms with Crippen molar-refractivity contribution in [3.05, 3.63) is 88.9 Å². The molecule has 0 amide bonds. The Kier molecular flexibility index (Phi) is 4.04. The van der Waals surface area contributed by atoms with Gasteiger partial charge in [-0.15, -0.1) is 0 Å². The molecule has 0 saturated carbocycles. The Morgan fingerprint density at radius 1 is 1.10 bits per heavy atom. The number of anilines is 1. The summed E-state index contributed by atoms with van der Waals surface area (Å²) in [6.45, 7) is 2.01. The average molecular weight is 392 g/mol. The van der Waals surface area contributed by atoms with Gasteiger partial charge in [-0.3, -0.25) is 4.79 Å². The lowest BCUT2D eigenvalue weighted by molar-refractivity contribution is -0.123. The minimum Gasteiger partial charge on any atom is -0.328 e. The molecule has 146 valence electrons. The molecule has 0 bridgehead atoms. The maximum atomic E-state index is 13.9. The Balaban J connectivity index is 1.63. The number of nitrogens with one attached hydrogen (secondary N) is 1. The molecule has 0 saturated heterocycles. The summed E-state index contributed by atoms with van der Waals surface area (Å²) < 4.78 is 29.4. The Labute approximate surface area is 166 Å². The van der Waals surface area contributed by atoms with Gasteiger partial charge in [0, 0.05) is 24.1 Å². The van der Waals surface area contributed by atoms with Crippen LogP contribution in [-0.4, -0.2) is 20.5 Å². The van der Waals surface area contributed by atoms with E-state index >= 15 is 0 Å². The first-order valence-electron chi connectivity index (χ1n) is 9.43. The number of benzene rings is 2. The van der Waals surface area contributed by atoms with Crippen molar-refractivity contribution in [3.8, 4) is 0 Å². The van der Waals surface area contributed by atoms with Gasteiger partial charge >= 0.3 is 0 Å². The summed E-state index contributed by atoms with van der Waals surface area (Å²) in [4.78, 5) is 17.5. The Morgan fingerprint density at radius 2 is 1.90 bits per heavy atom. The van der Waals surface area contributed by atoms with Crippen molar-refractivity contribution in [2.75, 3.05) is 5.32 Å². The maximum absolute atomic E-state index is 13.9. The van der Waals surface area contributed by atoms with Crippen molar-refractivity contribution < 1.29 is 13.6 Å². The molecule has 5 rings (SSSR count). The van der Waals surface area contributed by atoms with Crippen LogP contribution in [-0.2, 0) is 4.79 Å². The van der Waals surface area contributed by atoms with Gasteiger partial charge in [-0.2, -0.15) is 10.1 Å². The van der Waals surface area contributed by atoms with Crippen LogP contribution >= 0.6 is 0 Å². The molecular formula is C22H18F2N4O. The van der Waals surface area contributed by atoms with Crippen molar-refractivity contribution in [2.45, 2.75) is 25.3 Å². The van der Waals surface area contributed by atoms with Crippen molar-refractivity contribution in [1.29, 1.82) is 0 Å². The molecule has 3 atom stereocenters. The number of Topliss-reactive ketones (excluding diaryl/α,β-unsaturated/α-hetero) is 1. The number of rotatable bonds is 2. The predicted octanol–water partition coefficient (Wildman–Crippen LogP) is 4.14. The number of aryl methyl sites for hydroxylation is 1. The SMILES string of the molecule is Cc1cccc([C@@H]2C=C3Nc4ncnn4[C@@H](c4cc(F)cc(F)c4)[C@@H]3C(=O)C2)c1. The van der Waals surface area contributed by atoms with E-state index < -0.39 is 23.6 Å². The smallest absolute Gasteiger partial charge is 0.226 e. The summed E-state index contributed by atoms with van der Waals surface area (Å²) in [5.41, 5.74) is 3.24. The molecule has 1 N–H and O–H groups in total. The van der Waals surface area contributed by atoms with Crippen LogP contribution in [0.4, 0.5) is 14.7 Å². The monoisotopic (exact) mass is 392 g/mol. The van der Waals surface area contributed by atoms with Crippen LogP contribution in [0.5, 0.6) is 0 Å². The van der Waals surface area contributed by atoms with E-state index in [0.717, 1.165) is 17.2 Å². The van der Waals surface area contributed by atoms with Crippen LogP contribution in [0.1, 0.15) is 35.1 Å². The van der Waals surface area contributed by atoms with Gasteiger partial charge < -0.3 is 5.32 Å².